The fourth-order valence-corrected chi connectivity index (χ4v) is 1.36. The summed E-state index contributed by atoms with van der Waals surface area (Å²) in [5.41, 5.74) is 0. The number of carbonyl (C=O) groups excluding carboxylic acids is 2. The molecule has 0 radical (unpaired) electrons. The average molecular weight is 224 g/mol. The summed E-state index contributed by atoms with van der Waals surface area (Å²) in [6.45, 7) is 0. The summed E-state index contributed by atoms with van der Waals surface area (Å²) in [7, 11) is 3.21. The quantitative estimate of drug-likeness (QED) is 0.673. The minimum atomic E-state index is -0.342. The predicted molar refractivity (Wildman–Crippen MR) is 57.8 cm³/mol. The number of methoxy groups -OCH3 is 1. The maximum Gasteiger partial charge on any atom is 0.305 e. The molecule has 0 saturated heterocycles. The van der Waals surface area contributed by atoms with Gasteiger partial charge in [0.25, 0.3) is 0 Å². The molecule has 0 aliphatic carbocycles. The Balaban J connectivity index is 2.25. The van der Waals surface area contributed by atoms with Gasteiger partial charge in [-0.3, -0.25) is 9.59 Å². The smallest absolute Gasteiger partial charge is 0.305 e. The molecule has 1 rings (SSSR count). The summed E-state index contributed by atoms with van der Waals surface area (Å²) in [6.07, 6.45) is 4.99. The van der Waals surface area contributed by atoms with E-state index >= 15 is 0 Å². The molecule has 0 aromatic carbocycles. The van der Waals surface area contributed by atoms with Crippen LogP contribution in [0.15, 0.2) is 12.4 Å². The lowest BCUT2D eigenvalue weighted by atomic mass is 10.1. The number of Topliss-reactive ketones (excluding diaryl/α,β-unsaturated/α-hetero) is 1. The van der Waals surface area contributed by atoms with E-state index in [2.05, 4.69) is 9.72 Å². The molecule has 0 bridgehead atoms. The van der Waals surface area contributed by atoms with E-state index in [0.717, 1.165) is 5.82 Å². The molecule has 1 heterocycles. The third-order valence-corrected chi connectivity index (χ3v) is 2.38. The first kappa shape index (κ1) is 12.4. The molecule has 0 atom stereocenters. The van der Waals surface area contributed by atoms with Crippen molar-refractivity contribution < 1.29 is 14.3 Å². The second-order valence-corrected chi connectivity index (χ2v) is 3.57. The second-order valence-electron chi connectivity index (χ2n) is 3.57. The Morgan fingerprint density at radius 2 is 2.12 bits per heavy atom. The van der Waals surface area contributed by atoms with Crippen LogP contribution in [-0.2, 0) is 27.8 Å². The van der Waals surface area contributed by atoms with Gasteiger partial charge < -0.3 is 9.30 Å². The van der Waals surface area contributed by atoms with Gasteiger partial charge in [-0.15, -0.1) is 0 Å². The molecule has 5 nitrogen and oxygen atoms in total. The van der Waals surface area contributed by atoms with Gasteiger partial charge in [-0.25, -0.2) is 4.98 Å². The van der Waals surface area contributed by atoms with Crippen LogP contribution >= 0.6 is 0 Å². The Hall–Kier alpha value is -1.65. The van der Waals surface area contributed by atoms with Crippen LogP contribution in [0, 0.1) is 0 Å². The van der Waals surface area contributed by atoms with Crippen LogP contribution in [-0.4, -0.2) is 28.4 Å². The summed E-state index contributed by atoms with van der Waals surface area (Å²) >= 11 is 0. The third-order valence-electron chi connectivity index (χ3n) is 2.38. The van der Waals surface area contributed by atoms with Crippen molar-refractivity contribution in [2.45, 2.75) is 25.7 Å². The van der Waals surface area contributed by atoms with E-state index in [1.165, 1.54) is 7.11 Å². The SMILES string of the molecule is COC(=O)CCC(=O)CCc1nccn1C. The van der Waals surface area contributed by atoms with Gasteiger partial charge in [-0.05, 0) is 0 Å². The number of nitrogens with zero attached hydrogens (tertiary/aromatic N) is 2. The molecule has 0 spiro atoms. The third kappa shape index (κ3) is 3.84. The standard InChI is InChI=1S/C11H16N2O3/c1-13-8-7-12-10(13)5-3-9(14)4-6-11(15)16-2/h7-8H,3-6H2,1-2H3. The number of carbonyl (C=O) groups is 2. The van der Waals surface area contributed by atoms with Gasteiger partial charge in [-0.2, -0.15) is 0 Å². The average Bonchev–Trinajstić information content (AvgIpc) is 2.69. The van der Waals surface area contributed by atoms with Crippen molar-refractivity contribution in [3.8, 4) is 0 Å². The summed E-state index contributed by atoms with van der Waals surface area (Å²) in [6, 6.07) is 0. The van der Waals surface area contributed by atoms with E-state index in [4.69, 9.17) is 0 Å². The van der Waals surface area contributed by atoms with E-state index in [1.54, 1.807) is 6.20 Å². The van der Waals surface area contributed by atoms with Crippen molar-refractivity contribution in [2.24, 2.45) is 7.05 Å². The summed E-state index contributed by atoms with van der Waals surface area (Å²) in [5, 5.41) is 0. The minimum absolute atomic E-state index is 0.0633. The fourth-order valence-electron chi connectivity index (χ4n) is 1.36. The molecule has 88 valence electrons. The lowest BCUT2D eigenvalue weighted by Crippen LogP contribution is -2.07. The normalized spacial score (nSPS) is 10.1. The minimum Gasteiger partial charge on any atom is -0.469 e. The van der Waals surface area contributed by atoms with Crippen LogP contribution in [0.5, 0.6) is 0 Å². The number of ether oxygens (including phenoxy) is 1. The first-order chi connectivity index (χ1) is 7.63. The number of esters is 1. The monoisotopic (exact) mass is 224 g/mol. The Bertz CT molecular complexity index is 371. The highest BCUT2D eigenvalue weighted by Crippen LogP contribution is 2.03. The summed E-state index contributed by atoms with van der Waals surface area (Å²) < 4.78 is 6.35. The number of imidazole rings is 1. The molecule has 0 unspecified atom stereocenters. The molecule has 0 N–H and O–H groups in total. The Morgan fingerprint density at radius 3 is 2.69 bits per heavy atom. The Kier molecular flexibility index (Phi) is 4.69. The van der Waals surface area contributed by atoms with E-state index < -0.39 is 0 Å². The van der Waals surface area contributed by atoms with Gasteiger partial charge in [0, 0.05) is 38.7 Å². The zero-order chi connectivity index (χ0) is 12.0. The van der Waals surface area contributed by atoms with Gasteiger partial charge in [0.05, 0.1) is 13.5 Å². The molecule has 5 heteroatoms. The second kappa shape index (κ2) is 6.05. The maximum absolute atomic E-state index is 11.4. The van der Waals surface area contributed by atoms with Gasteiger partial charge in [0.15, 0.2) is 0 Å². The number of hydrogen-bond donors (Lipinski definition) is 0. The fraction of sp³-hybridized carbons (Fsp3) is 0.545. The molecule has 16 heavy (non-hydrogen) atoms. The molecular weight excluding hydrogens is 208 g/mol. The molecular formula is C11H16N2O3. The highest BCUT2D eigenvalue weighted by atomic mass is 16.5. The van der Waals surface area contributed by atoms with Crippen molar-refractivity contribution in [1.82, 2.24) is 9.55 Å². The summed E-state index contributed by atoms with van der Waals surface area (Å²) in [4.78, 5) is 26.4. The van der Waals surface area contributed by atoms with Crippen LogP contribution in [0.1, 0.15) is 25.1 Å². The largest absolute Gasteiger partial charge is 0.469 e. The molecule has 0 amide bonds. The van der Waals surface area contributed by atoms with Crippen molar-refractivity contribution in [1.29, 1.82) is 0 Å². The van der Waals surface area contributed by atoms with Gasteiger partial charge >= 0.3 is 5.97 Å². The first-order valence-electron chi connectivity index (χ1n) is 5.18. The van der Waals surface area contributed by atoms with Gasteiger partial charge in [0.1, 0.15) is 11.6 Å². The predicted octanol–water partition coefficient (Wildman–Crippen LogP) is 0.875. The van der Waals surface area contributed by atoms with Crippen molar-refractivity contribution >= 4 is 11.8 Å². The molecule has 1 aromatic heterocycles. The van der Waals surface area contributed by atoms with Crippen molar-refractivity contribution in [3.05, 3.63) is 18.2 Å². The van der Waals surface area contributed by atoms with Crippen LogP contribution in [0.3, 0.4) is 0 Å². The molecule has 0 fully saturated rings. The number of aryl methyl sites for hydroxylation is 2. The Labute approximate surface area is 94.4 Å². The lowest BCUT2D eigenvalue weighted by molar-refractivity contribution is -0.141. The lowest BCUT2D eigenvalue weighted by Gasteiger charge is -2.01. The van der Waals surface area contributed by atoms with E-state index in [1.807, 2.05) is 17.8 Å². The Morgan fingerprint density at radius 1 is 1.38 bits per heavy atom. The van der Waals surface area contributed by atoms with Crippen molar-refractivity contribution in [2.75, 3.05) is 7.11 Å². The molecule has 1 aromatic rings. The van der Waals surface area contributed by atoms with Crippen LogP contribution in [0.25, 0.3) is 0 Å². The number of rotatable bonds is 6. The van der Waals surface area contributed by atoms with E-state index in [-0.39, 0.29) is 24.6 Å². The zero-order valence-corrected chi connectivity index (χ0v) is 9.60. The van der Waals surface area contributed by atoms with Gasteiger partial charge in [-0.1, -0.05) is 0 Å². The maximum atomic E-state index is 11.4. The zero-order valence-electron chi connectivity index (χ0n) is 9.60. The number of ketones is 1. The molecule has 0 saturated carbocycles. The summed E-state index contributed by atoms with van der Waals surface area (Å²) in [5.74, 6) is 0.602. The highest BCUT2D eigenvalue weighted by molar-refractivity contribution is 5.82. The van der Waals surface area contributed by atoms with Crippen LogP contribution in [0.4, 0.5) is 0 Å². The van der Waals surface area contributed by atoms with Crippen LogP contribution in [0.2, 0.25) is 0 Å². The van der Waals surface area contributed by atoms with Crippen molar-refractivity contribution in [3.63, 3.8) is 0 Å². The van der Waals surface area contributed by atoms with E-state index in [9.17, 15) is 9.59 Å². The van der Waals surface area contributed by atoms with Crippen LogP contribution < -0.4 is 0 Å². The number of aromatic nitrogens is 2. The highest BCUT2D eigenvalue weighted by Gasteiger charge is 2.08. The molecule has 0 aliphatic rings. The molecule has 0 aliphatic heterocycles. The van der Waals surface area contributed by atoms with E-state index in [0.29, 0.717) is 12.8 Å². The van der Waals surface area contributed by atoms with Gasteiger partial charge in [0.2, 0.25) is 0 Å². The first-order valence-corrected chi connectivity index (χ1v) is 5.18. The number of hydrogen-bond acceptors (Lipinski definition) is 4. The topological polar surface area (TPSA) is 61.2 Å².